The molecular formula is C27H27N5O6S3. The molecule has 0 spiro atoms. The van der Waals surface area contributed by atoms with E-state index in [0.717, 1.165) is 46.7 Å². The lowest BCUT2D eigenvalue weighted by Gasteiger charge is -2.34. The molecule has 1 atom stereocenters. The molecule has 1 aliphatic rings. The Kier molecular flexibility index (Phi) is 8.45. The maximum absolute atomic E-state index is 13.7. The second kappa shape index (κ2) is 12.0. The topological polar surface area (TPSA) is 135 Å². The molecule has 0 saturated carbocycles. The number of amides is 1. The molecule has 1 fully saturated rings. The Morgan fingerprint density at radius 2 is 1.98 bits per heavy atom. The predicted molar refractivity (Wildman–Crippen MR) is 160 cm³/mol. The highest BCUT2D eigenvalue weighted by Gasteiger charge is 2.32. The first-order valence-electron chi connectivity index (χ1n) is 12.9. The van der Waals surface area contributed by atoms with E-state index in [1.807, 2.05) is 6.92 Å². The van der Waals surface area contributed by atoms with Crippen molar-refractivity contribution in [3.63, 3.8) is 0 Å². The van der Waals surface area contributed by atoms with Crippen molar-refractivity contribution in [3.8, 4) is 5.75 Å². The van der Waals surface area contributed by atoms with Crippen LogP contribution >= 0.6 is 22.7 Å². The number of thiophene rings is 1. The number of thiazole rings is 1. The van der Waals surface area contributed by atoms with E-state index in [2.05, 4.69) is 10.1 Å². The van der Waals surface area contributed by atoms with E-state index in [0.29, 0.717) is 22.7 Å². The van der Waals surface area contributed by atoms with Gasteiger partial charge in [-0.2, -0.15) is 14.4 Å². The zero-order valence-electron chi connectivity index (χ0n) is 22.3. The summed E-state index contributed by atoms with van der Waals surface area (Å²) < 4.78 is 34.4. The molecule has 0 aliphatic carbocycles. The quantitative estimate of drug-likeness (QED) is 0.130. The molecule has 1 saturated heterocycles. The minimum atomic E-state index is -3.71. The summed E-state index contributed by atoms with van der Waals surface area (Å²) in [7, 11) is -2.15. The fourth-order valence-electron chi connectivity index (χ4n) is 4.65. The van der Waals surface area contributed by atoms with E-state index < -0.39 is 20.9 Å². The van der Waals surface area contributed by atoms with Gasteiger partial charge in [-0.05, 0) is 67.8 Å². The summed E-state index contributed by atoms with van der Waals surface area (Å²) in [4.78, 5) is 29.5. The number of ether oxygens (including phenoxy) is 1. The largest absolute Gasteiger partial charge is 0.497 e. The van der Waals surface area contributed by atoms with Crippen LogP contribution in [0.1, 0.15) is 47.8 Å². The van der Waals surface area contributed by atoms with Crippen molar-refractivity contribution in [3.05, 3.63) is 75.2 Å². The number of hydrogen-bond acceptors (Lipinski definition) is 10. The fraction of sp³-hybridized carbons (Fsp3) is 0.296. The molecule has 1 unspecified atom stereocenters. The van der Waals surface area contributed by atoms with Gasteiger partial charge in [-0.1, -0.05) is 36.0 Å². The Labute approximate surface area is 244 Å². The Morgan fingerprint density at radius 1 is 1.20 bits per heavy atom. The molecule has 5 rings (SSSR count). The van der Waals surface area contributed by atoms with E-state index in [-0.39, 0.29) is 26.6 Å². The highest BCUT2D eigenvalue weighted by Crippen LogP contribution is 2.33. The number of carbonyl (C=O) groups is 1. The van der Waals surface area contributed by atoms with Gasteiger partial charge < -0.3 is 4.74 Å². The lowest BCUT2D eigenvalue weighted by molar-refractivity contribution is -0.380. The predicted octanol–water partition coefficient (Wildman–Crippen LogP) is 5.91. The maximum atomic E-state index is 13.7. The van der Waals surface area contributed by atoms with Crippen LogP contribution in [0.2, 0.25) is 0 Å². The number of methoxy groups -OCH3 is 1. The van der Waals surface area contributed by atoms with Crippen molar-refractivity contribution >= 4 is 65.2 Å². The smallest absolute Gasteiger partial charge is 0.324 e. The summed E-state index contributed by atoms with van der Waals surface area (Å²) in [6, 6.07) is 14.0. The lowest BCUT2D eigenvalue weighted by Crippen LogP contribution is -2.43. The highest BCUT2D eigenvalue weighted by molar-refractivity contribution is 7.89. The maximum Gasteiger partial charge on any atom is 0.324 e. The highest BCUT2D eigenvalue weighted by atomic mass is 32.2. The summed E-state index contributed by atoms with van der Waals surface area (Å²) in [6.07, 6.45) is 4.76. The molecule has 3 heterocycles. The van der Waals surface area contributed by atoms with Gasteiger partial charge in [0.1, 0.15) is 5.75 Å². The Balaban J connectivity index is 1.48. The van der Waals surface area contributed by atoms with Crippen molar-refractivity contribution in [1.29, 1.82) is 0 Å². The van der Waals surface area contributed by atoms with Crippen LogP contribution in [0.25, 0.3) is 10.2 Å². The molecule has 0 N–H and O–H groups in total. The minimum absolute atomic E-state index is 0.0365. The summed E-state index contributed by atoms with van der Waals surface area (Å²) >= 11 is 2.15. The third-order valence-electron chi connectivity index (χ3n) is 6.80. The first-order chi connectivity index (χ1) is 19.7. The van der Waals surface area contributed by atoms with Gasteiger partial charge in [-0.25, -0.2) is 13.4 Å². The number of aromatic nitrogens is 1. The van der Waals surface area contributed by atoms with E-state index in [1.165, 1.54) is 47.9 Å². The number of carbonyl (C=O) groups excluding carboxylic acids is 1. The van der Waals surface area contributed by atoms with Crippen LogP contribution in [0, 0.1) is 10.1 Å². The summed E-state index contributed by atoms with van der Waals surface area (Å²) in [6.45, 7) is 2.47. The molecule has 14 heteroatoms. The average Bonchev–Trinajstić information content (AvgIpc) is 3.64. The zero-order valence-corrected chi connectivity index (χ0v) is 24.7. The van der Waals surface area contributed by atoms with Crippen molar-refractivity contribution in [2.45, 2.75) is 43.5 Å². The molecule has 11 nitrogen and oxygen atoms in total. The summed E-state index contributed by atoms with van der Waals surface area (Å²) in [5.74, 6) is 0.0995. The number of anilines is 1. The molecule has 1 aliphatic heterocycles. The number of hydrazone groups is 1. The molecule has 214 valence electrons. The Bertz CT molecular complexity index is 1710. The SMILES string of the molecule is CCC1CCCCN1S(=O)(=O)c1ccc(C(=O)N(/N=C/c2ccc([N+](=O)[O-])s2)c2nc3ccc(OC)cc3s2)cc1. The van der Waals surface area contributed by atoms with E-state index >= 15 is 0 Å². The average molecular weight is 614 g/mol. The monoisotopic (exact) mass is 613 g/mol. The van der Waals surface area contributed by atoms with E-state index in [1.54, 1.807) is 35.7 Å². The number of fused-ring (bicyclic) bond motifs is 1. The number of rotatable bonds is 9. The molecule has 0 radical (unpaired) electrons. The number of benzene rings is 2. The third kappa shape index (κ3) is 6.00. The molecule has 2 aromatic carbocycles. The van der Waals surface area contributed by atoms with Crippen molar-refractivity contribution in [1.82, 2.24) is 9.29 Å². The second-order valence-electron chi connectivity index (χ2n) is 9.32. The molecule has 0 bridgehead atoms. The van der Waals surface area contributed by atoms with Gasteiger partial charge in [0.25, 0.3) is 5.91 Å². The standard InChI is InChI=1S/C27H27N5O6S3/c1-3-19-6-4-5-15-30(19)41(36,37)22-11-7-18(8-12-22)26(33)31(28-17-21-10-14-25(39-21)32(34)35)27-29-23-13-9-20(38-2)16-24(23)40-27/h7-14,16-17,19H,3-6,15H2,1-2H3/b28-17+. The van der Waals surface area contributed by atoms with Gasteiger partial charge in [-0.15, -0.1) is 0 Å². The van der Waals surface area contributed by atoms with Gasteiger partial charge in [-0.3, -0.25) is 14.9 Å². The molecule has 2 aromatic heterocycles. The molecule has 4 aromatic rings. The number of hydrogen-bond donors (Lipinski definition) is 0. The fourth-order valence-corrected chi connectivity index (χ4v) is 8.05. The number of sulfonamides is 1. The van der Waals surface area contributed by atoms with Crippen LogP contribution < -0.4 is 9.75 Å². The van der Waals surface area contributed by atoms with Gasteiger partial charge in [0.05, 0.1) is 38.2 Å². The summed E-state index contributed by atoms with van der Waals surface area (Å²) in [5.41, 5.74) is 0.847. The van der Waals surface area contributed by atoms with Crippen LogP contribution in [0.5, 0.6) is 5.75 Å². The number of nitro groups is 1. The second-order valence-corrected chi connectivity index (χ2v) is 13.3. The first kappa shape index (κ1) is 28.8. The van der Waals surface area contributed by atoms with Crippen LogP contribution in [0.4, 0.5) is 10.1 Å². The Morgan fingerprint density at radius 3 is 2.66 bits per heavy atom. The Hall–Kier alpha value is -3.72. The normalized spacial score (nSPS) is 16.3. The minimum Gasteiger partial charge on any atom is -0.497 e. The van der Waals surface area contributed by atoms with Gasteiger partial charge in [0, 0.05) is 24.2 Å². The van der Waals surface area contributed by atoms with Crippen molar-refractivity contribution in [2.75, 3.05) is 18.7 Å². The third-order valence-corrected chi connectivity index (χ3v) is 10.7. The first-order valence-corrected chi connectivity index (χ1v) is 16.0. The van der Waals surface area contributed by atoms with E-state index in [4.69, 9.17) is 4.74 Å². The van der Waals surface area contributed by atoms with Crippen LogP contribution in [0.3, 0.4) is 0 Å². The molecule has 1 amide bonds. The van der Waals surface area contributed by atoms with Crippen LogP contribution in [-0.2, 0) is 10.0 Å². The van der Waals surface area contributed by atoms with Crippen molar-refractivity contribution in [2.24, 2.45) is 5.10 Å². The van der Waals surface area contributed by atoms with Crippen LogP contribution in [0.15, 0.2) is 64.6 Å². The van der Waals surface area contributed by atoms with Crippen molar-refractivity contribution < 1.29 is 22.9 Å². The lowest BCUT2D eigenvalue weighted by atomic mass is 10.0. The zero-order chi connectivity index (χ0) is 29.1. The molecular weight excluding hydrogens is 587 g/mol. The number of piperidine rings is 1. The number of nitrogens with zero attached hydrogens (tertiary/aromatic N) is 5. The van der Waals surface area contributed by atoms with Gasteiger partial charge in [0.15, 0.2) is 0 Å². The van der Waals surface area contributed by atoms with Gasteiger partial charge >= 0.3 is 5.00 Å². The molecule has 41 heavy (non-hydrogen) atoms. The van der Waals surface area contributed by atoms with E-state index in [9.17, 15) is 23.3 Å². The van der Waals surface area contributed by atoms with Crippen LogP contribution in [-0.4, -0.2) is 54.4 Å². The van der Waals surface area contributed by atoms with Gasteiger partial charge in [0.2, 0.25) is 15.2 Å². The summed E-state index contributed by atoms with van der Waals surface area (Å²) in [5, 5.41) is 16.8.